The van der Waals surface area contributed by atoms with E-state index >= 15 is 0 Å². The minimum atomic E-state index is -2.43. The zero-order valence-corrected chi connectivity index (χ0v) is 11.8. The van der Waals surface area contributed by atoms with Crippen LogP contribution in [0.25, 0.3) is 0 Å². The molecule has 0 saturated carbocycles. The maximum absolute atomic E-state index is 11.9. The summed E-state index contributed by atoms with van der Waals surface area (Å²) in [5.74, 6) is 0. The fourth-order valence-electron chi connectivity index (χ4n) is 2.10. The summed E-state index contributed by atoms with van der Waals surface area (Å²) >= 11 is 5.84. The molecule has 1 N–H and O–H groups in total. The van der Waals surface area contributed by atoms with Crippen LogP contribution < -0.4 is 5.32 Å². The van der Waals surface area contributed by atoms with Crippen LogP contribution in [0.4, 0.5) is 8.78 Å². The van der Waals surface area contributed by atoms with E-state index in [0.29, 0.717) is 13.2 Å². The first-order valence-corrected chi connectivity index (χ1v) is 6.96. The van der Waals surface area contributed by atoms with E-state index in [-0.39, 0.29) is 18.8 Å². The molecule has 1 aromatic carbocycles. The number of benzene rings is 1. The van der Waals surface area contributed by atoms with Crippen molar-refractivity contribution in [3.63, 3.8) is 0 Å². The van der Waals surface area contributed by atoms with Crippen molar-refractivity contribution in [1.82, 2.24) is 5.32 Å². The molecule has 0 unspecified atom stereocenters. The molecule has 6 heteroatoms. The molecule has 20 heavy (non-hydrogen) atoms. The van der Waals surface area contributed by atoms with Gasteiger partial charge in [-0.05, 0) is 24.1 Å². The minimum Gasteiger partial charge on any atom is -0.373 e. The van der Waals surface area contributed by atoms with Gasteiger partial charge in [-0.3, -0.25) is 0 Å². The summed E-state index contributed by atoms with van der Waals surface area (Å²) in [5.41, 5.74) is 1.18. The molecule has 2 atom stereocenters. The van der Waals surface area contributed by atoms with E-state index < -0.39 is 13.0 Å². The molecule has 0 aliphatic carbocycles. The van der Waals surface area contributed by atoms with Gasteiger partial charge in [0.15, 0.2) is 0 Å². The zero-order chi connectivity index (χ0) is 14.4. The second-order valence-electron chi connectivity index (χ2n) is 4.82. The van der Waals surface area contributed by atoms with E-state index in [9.17, 15) is 8.78 Å². The normalized spacial score (nSPS) is 23.2. The quantitative estimate of drug-likeness (QED) is 0.876. The molecule has 0 radical (unpaired) electrons. The summed E-state index contributed by atoms with van der Waals surface area (Å²) in [4.78, 5) is 0. The molecule has 0 amide bonds. The maximum Gasteiger partial charge on any atom is 0.261 e. The Labute approximate surface area is 122 Å². The van der Waals surface area contributed by atoms with Gasteiger partial charge in [0.1, 0.15) is 6.61 Å². The van der Waals surface area contributed by atoms with Crippen molar-refractivity contribution in [3.05, 3.63) is 34.9 Å². The lowest BCUT2D eigenvalue weighted by Crippen LogP contribution is -2.49. The highest BCUT2D eigenvalue weighted by Crippen LogP contribution is 2.13. The molecule has 1 heterocycles. The van der Waals surface area contributed by atoms with Crippen molar-refractivity contribution in [2.45, 2.75) is 25.0 Å². The van der Waals surface area contributed by atoms with Gasteiger partial charge in [-0.1, -0.05) is 23.7 Å². The molecular weight excluding hydrogens is 288 g/mol. The average molecular weight is 306 g/mol. The number of ether oxygens (including phenoxy) is 2. The Morgan fingerprint density at radius 1 is 1.35 bits per heavy atom. The molecule has 0 spiro atoms. The van der Waals surface area contributed by atoms with E-state index in [4.69, 9.17) is 21.1 Å². The molecule has 0 aromatic heterocycles. The van der Waals surface area contributed by atoms with Crippen molar-refractivity contribution in [2.24, 2.45) is 0 Å². The largest absolute Gasteiger partial charge is 0.373 e. The van der Waals surface area contributed by atoms with E-state index in [0.717, 1.165) is 11.4 Å². The lowest BCUT2D eigenvalue weighted by Gasteiger charge is -2.30. The van der Waals surface area contributed by atoms with Crippen LogP contribution >= 0.6 is 11.6 Å². The van der Waals surface area contributed by atoms with Gasteiger partial charge < -0.3 is 14.8 Å². The van der Waals surface area contributed by atoms with Crippen LogP contribution in [0.15, 0.2) is 24.3 Å². The fourth-order valence-corrected chi connectivity index (χ4v) is 2.23. The molecule has 1 aliphatic heterocycles. The minimum absolute atomic E-state index is 0.157. The summed E-state index contributed by atoms with van der Waals surface area (Å²) in [7, 11) is 0. The van der Waals surface area contributed by atoms with Crippen LogP contribution in [-0.2, 0) is 15.9 Å². The Balaban J connectivity index is 1.67. The van der Waals surface area contributed by atoms with Crippen molar-refractivity contribution >= 4 is 11.6 Å². The molecule has 0 bridgehead atoms. The first-order chi connectivity index (χ1) is 9.63. The van der Waals surface area contributed by atoms with Crippen molar-refractivity contribution in [2.75, 3.05) is 26.4 Å². The number of alkyl halides is 2. The molecule has 1 fully saturated rings. The van der Waals surface area contributed by atoms with Crippen molar-refractivity contribution in [1.29, 1.82) is 0 Å². The van der Waals surface area contributed by atoms with Crippen LogP contribution in [0.2, 0.25) is 5.02 Å². The number of rotatable bonds is 6. The summed E-state index contributed by atoms with van der Waals surface area (Å²) in [6.45, 7) is 0.825. The van der Waals surface area contributed by atoms with Crippen LogP contribution in [0.3, 0.4) is 0 Å². The first-order valence-electron chi connectivity index (χ1n) is 6.59. The molecule has 1 aromatic rings. The number of hydrogen-bond donors (Lipinski definition) is 1. The highest BCUT2D eigenvalue weighted by atomic mass is 35.5. The first kappa shape index (κ1) is 15.6. The Morgan fingerprint density at radius 2 is 2.10 bits per heavy atom. The fraction of sp³-hybridized carbons (Fsp3) is 0.571. The van der Waals surface area contributed by atoms with Gasteiger partial charge in [-0.25, -0.2) is 8.78 Å². The average Bonchev–Trinajstić information content (AvgIpc) is 2.43. The third-order valence-electron chi connectivity index (χ3n) is 3.11. The molecule has 2 rings (SSSR count). The second kappa shape index (κ2) is 7.88. The van der Waals surface area contributed by atoms with Gasteiger partial charge in [0, 0.05) is 17.6 Å². The summed E-state index contributed by atoms with van der Waals surface area (Å²) < 4.78 is 34.3. The SMILES string of the molecule is FC(F)COC[C@H]1CN[C@@H](Cc2ccc(Cl)cc2)CO1. The lowest BCUT2D eigenvalue weighted by atomic mass is 10.1. The number of morpholine rings is 1. The standard InChI is InChI=1S/C14H18ClF2NO2/c15-11-3-1-10(2-4-11)5-12-7-20-13(6-18-12)8-19-9-14(16)17/h1-4,12-14,18H,5-9H2/t12-,13+/m0/s1. The molecule has 1 aliphatic rings. The third kappa shape index (κ3) is 5.32. The van der Waals surface area contributed by atoms with Crippen LogP contribution in [0, 0.1) is 0 Å². The van der Waals surface area contributed by atoms with Gasteiger partial charge in [0.05, 0.1) is 19.3 Å². The van der Waals surface area contributed by atoms with E-state index in [1.165, 1.54) is 5.56 Å². The van der Waals surface area contributed by atoms with Gasteiger partial charge in [-0.15, -0.1) is 0 Å². The lowest BCUT2D eigenvalue weighted by molar-refractivity contribution is -0.0658. The number of nitrogens with one attached hydrogen (secondary N) is 1. The van der Waals surface area contributed by atoms with E-state index in [2.05, 4.69) is 5.32 Å². The summed E-state index contributed by atoms with van der Waals surface area (Å²) in [6, 6.07) is 7.93. The van der Waals surface area contributed by atoms with E-state index in [1.807, 2.05) is 24.3 Å². The Kier molecular flexibility index (Phi) is 6.16. The maximum atomic E-state index is 11.9. The Bertz CT molecular complexity index is 395. The predicted molar refractivity (Wildman–Crippen MR) is 73.5 cm³/mol. The van der Waals surface area contributed by atoms with Crippen LogP contribution in [0.1, 0.15) is 5.56 Å². The van der Waals surface area contributed by atoms with Gasteiger partial charge >= 0.3 is 0 Å². The highest BCUT2D eigenvalue weighted by molar-refractivity contribution is 6.30. The Morgan fingerprint density at radius 3 is 2.70 bits per heavy atom. The van der Waals surface area contributed by atoms with Crippen molar-refractivity contribution in [3.8, 4) is 0 Å². The number of hydrogen-bond acceptors (Lipinski definition) is 3. The predicted octanol–water partition coefficient (Wildman–Crippen LogP) is 2.52. The number of halogens is 3. The van der Waals surface area contributed by atoms with Gasteiger partial charge in [0.2, 0.25) is 0 Å². The highest BCUT2D eigenvalue weighted by Gasteiger charge is 2.21. The topological polar surface area (TPSA) is 30.5 Å². The summed E-state index contributed by atoms with van der Waals surface area (Å²) in [6.07, 6.45) is -1.73. The summed E-state index contributed by atoms with van der Waals surface area (Å²) in [5, 5.41) is 4.07. The zero-order valence-electron chi connectivity index (χ0n) is 11.0. The third-order valence-corrected chi connectivity index (χ3v) is 3.36. The van der Waals surface area contributed by atoms with Gasteiger partial charge in [-0.2, -0.15) is 0 Å². The molecule has 1 saturated heterocycles. The molecule has 112 valence electrons. The Hall–Kier alpha value is -0.750. The monoisotopic (exact) mass is 305 g/mol. The molecule has 3 nitrogen and oxygen atoms in total. The van der Waals surface area contributed by atoms with Gasteiger partial charge in [0.25, 0.3) is 6.43 Å². The van der Waals surface area contributed by atoms with Crippen LogP contribution in [0.5, 0.6) is 0 Å². The second-order valence-corrected chi connectivity index (χ2v) is 5.26. The molecular formula is C14H18ClF2NO2. The van der Waals surface area contributed by atoms with Crippen molar-refractivity contribution < 1.29 is 18.3 Å². The van der Waals surface area contributed by atoms with Crippen LogP contribution in [-0.4, -0.2) is 44.9 Å². The smallest absolute Gasteiger partial charge is 0.261 e. The van der Waals surface area contributed by atoms with E-state index in [1.54, 1.807) is 0 Å².